The summed E-state index contributed by atoms with van der Waals surface area (Å²) in [5.41, 5.74) is 0. The Kier molecular flexibility index (Phi) is 5.61. The molecule has 4 heteroatoms. The van der Waals surface area contributed by atoms with E-state index in [1.165, 1.54) is 4.88 Å². The largest absolute Gasteiger partial charge is 0.396 e. The van der Waals surface area contributed by atoms with E-state index in [-0.39, 0.29) is 12.4 Å². The van der Waals surface area contributed by atoms with Crippen LogP contribution in [0.2, 0.25) is 0 Å². The maximum atomic E-state index is 9.02. The predicted molar refractivity (Wildman–Crippen MR) is 66.7 cm³/mol. The molecule has 86 valence electrons. The zero-order valence-corrected chi connectivity index (χ0v) is 10.4. The van der Waals surface area contributed by atoms with Crippen LogP contribution in [0.15, 0.2) is 17.5 Å². The van der Waals surface area contributed by atoms with Gasteiger partial charge in [-0.2, -0.15) is 0 Å². The molecule has 1 saturated heterocycles. The summed E-state index contributed by atoms with van der Waals surface area (Å²) in [6.45, 7) is 3.74. The second-order valence-electron chi connectivity index (χ2n) is 3.98. The first-order valence-electron chi connectivity index (χ1n) is 5.24. The van der Waals surface area contributed by atoms with Crippen LogP contribution in [0.5, 0.6) is 0 Å². The van der Waals surface area contributed by atoms with Crippen molar-refractivity contribution in [3.63, 3.8) is 0 Å². The second kappa shape index (κ2) is 6.48. The van der Waals surface area contributed by atoms with Crippen molar-refractivity contribution in [1.82, 2.24) is 4.90 Å². The highest BCUT2D eigenvalue weighted by atomic mass is 35.5. The molecule has 1 aromatic heterocycles. The molecule has 1 aliphatic rings. The molecule has 0 saturated carbocycles. The number of aliphatic hydroxyl groups excluding tert-OH is 1. The van der Waals surface area contributed by atoms with Gasteiger partial charge >= 0.3 is 0 Å². The molecular formula is C11H18ClNOS. The quantitative estimate of drug-likeness (QED) is 0.887. The van der Waals surface area contributed by atoms with E-state index in [1.54, 1.807) is 0 Å². The maximum absolute atomic E-state index is 9.02. The molecule has 0 amide bonds. The lowest BCUT2D eigenvalue weighted by Gasteiger charge is -2.30. The molecule has 2 heterocycles. The van der Waals surface area contributed by atoms with Crippen LogP contribution in [0.3, 0.4) is 0 Å². The van der Waals surface area contributed by atoms with Crippen molar-refractivity contribution in [3.8, 4) is 0 Å². The van der Waals surface area contributed by atoms with Gasteiger partial charge < -0.3 is 5.11 Å². The van der Waals surface area contributed by atoms with Crippen LogP contribution in [0.1, 0.15) is 17.7 Å². The van der Waals surface area contributed by atoms with Gasteiger partial charge in [0.15, 0.2) is 0 Å². The Labute approximate surface area is 101 Å². The highest BCUT2D eigenvalue weighted by molar-refractivity contribution is 7.09. The third kappa shape index (κ3) is 3.76. The fraction of sp³-hybridized carbons (Fsp3) is 0.636. The van der Waals surface area contributed by atoms with E-state index in [9.17, 15) is 0 Å². The van der Waals surface area contributed by atoms with Gasteiger partial charge in [0.2, 0.25) is 0 Å². The maximum Gasteiger partial charge on any atom is 0.0460 e. The van der Waals surface area contributed by atoms with Gasteiger partial charge in [-0.05, 0) is 43.3 Å². The number of thiophene rings is 1. The Morgan fingerprint density at radius 2 is 2.13 bits per heavy atom. The van der Waals surface area contributed by atoms with Crippen molar-refractivity contribution < 1.29 is 5.11 Å². The van der Waals surface area contributed by atoms with Crippen LogP contribution < -0.4 is 0 Å². The summed E-state index contributed by atoms with van der Waals surface area (Å²) < 4.78 is 0. The monoisotopic (exact) mass is 247 g/mol. The molecule has 1 aromatic rings. The highest BCUT2D eigenvalue weighted by Crippen LogP contribution is 2.19. The van der Waals surface area contributed by atoms with E-state index in [1.807, 2.05) is 11.3 Å². The van der Waals surface area contributed by atoms with Gasteiger partial charge in [0.05, 0.1) is 0 Å². The van der Waals surface area contributed by atoms with Crippen molar-refractivity contribution in [2.75, 3.05) is 19.7 Å². The number of piperidine rings is 1. The van der Waals surface area contributed by atoms with Crippen LogP contribution in [-0.4, -0.2) is 29.7 Å². The Morgan fingerprint density at radius 1 is 1.40 bits per heavy atom. The minimum absolute atomic E-state index is 0. The second-order valence-corrected chi connectivity index (χ2v) is 5.01. The van der Waals surface area contributed by atoms with Gasteiger partial charge in [-0.3, -0.25) is 4.90 Å². The molecule has 2 nitrogen and oxygen atoms in total. The molecular weight excluding hydrogens is 230 g/mol. The Balaban J connectivity index is 0.00000112. The van der Waals surface area contributed by atoms with E-state index < -0.39 is 0 Å². The molecule has 0 bridgehead atoms. The van der Waals surface area contributed by atoms with Crippen molar-refractivity contribution in [2.24, 2.45) is 5.92 Å². The molecule has 1 fully saturated rings. The normalized spacial score (nSPS) is 18.7. The average Bonchev–Trinajstić information content (AvgIpc) is 2.72. The van der Waals surface area contributed by atoms with E-state index in [4.69, 9.17) is 5.11 Å². The van der Waals surface area contributed by atoms with Crippen molar-refractivity contribution >= 4 is 23.7 Å². The Hall–Kier alpha value is -0.0900. The molecule has 0 unspecified atom stereocenters. The fourth-order valence-corrected chi connectivity index (χ4v) is 2.70. The lowest BCUT2D eigenvalue weighted by Crippen LogP contribution is -2.34. The summed E-state index contributed by atoms with van der Waals surface area (Å²) in [5, 5.41) is 11.2. The lowest BCUT2D eigenvalue weighted by atomic mass is 9.98. The summed E-state index contributed by atoms with van der Waals surface area (Å²) in [7, 11) is 0. The van der Waals surface area contributed by atoms with Crippen molar-refractivity contribution in [3.05, 3.63) is 22.4 Å². The zero-order chi connectivity index (χ0) is 9.80. The number of rotatable bonds is 3. The molecule has 1 N–H and O–H groups in total. The average molecular weight is 248 g/mol. The highest BCUT2D eigenvalue weighted by Gasteiger charge is 2.18. The number of aliphatic hydroxyl groups is 1. The van der Waals surface area contributed by atoms with E-state index in [2.05, 4.69) is 22.4 Å². The predicted octanol–water partition coefficient (Wildman–Crippen LogP) is 2.37. The SMILES string of the molecule is Cl.OCC1CCN(Cc2cccs2)CC1. The molecule has 0 radical (unpaired) electrons. The minimum atomic E-state index is 0. The van der Waals surface area contributed by atoms with Crippen LogP contribution >= 0.6 is 23.7 Å². The number of hydrogen-bond donors (Lipinski definition) is 1. The molecule has 15 heavy (non-hydrogen) atoms. The summed E-state index contributed by atoms with van der Waals surface area (Å²) >= 11 is 1.83. The first kappa shape index (κ1) is 13.0. The molecule has 0 spiro atoms. The van der Waals surface area contributed by atoms with Gasteiger partial charge in [-0.25, -0.2) is 0 Å². The van der Waals surface area contributed by atoms with E-state index in [0.29, 0.717) is 12.5 Å². The van der Waals surface area contributed by atoms with E-state index in [0.717, 1.165) is 32.5 Å². The lowest BCUT2D eigenvalue weighted by molar-refractivity contribution is 0.128. The first-order valence-corrected chi connectivity index (χ1v) is 6.12. The summed E-state index contributed by atoms with van der Waals surface area (Å²) in [5.74, 6) is 0.551. The Morgan fingerprint density at radius 3 is 2.67 bits per heavy atom. The molecule has 1 aliphatic heterocycles. The fourth-order valence-electron chi connectivity index (χ4n) is 1.95. The standard InChI is InChI=1S/C11H17NOS.ClH/c13-9-10-3-5-12(6-4-10)8-11-2-1-7-14-11;/h1-2,7,10,13H,3-6,8-9H2;1H. The van der Waals surface area contributed by atoms with Crippen LogP contribution in [0, 0.1) is 5.92 Å². The summed E-state index contributed by atoms with van der Waals surface area (Å²) in [6.07, 6.45) is 2.31. The van der Waals surface area contributed by atoms with Gasteiger partial charge in [0.1, 0.15) is 0 Å². The van der Waals surface area contributed by atoms with Crippen LogP contribution in [0.25, 0.3) is 0 Å². The molecule has 2 rings (SSSR count). The Bertz CT molecular complexity index is 258. The third-order valence-electron chi connectivity index (χ3n) is 2.92. The smallest absolute Gasteiger partial charge is 0.0460 e. The zero-order valence-electron chi connectivity index (χ0n) is 8.76. The number of likely N-dealkylation sites (tertiary alicyclic amines) is 1. The minimum Gasteiger partial charge on any atom is -0.396 e. The van der Waals surface area contributed by atoms with Gasteiger partial charge in [-0.1, -0.05) is 6.07 Å². The van der Waals surface area contributed by atoms with Crippen LogP contribution in [-0.2, 0) is 6.54 Å². The topological polar surface area (TPSA) is 23.5 Å². The number of nitrogens with zero attached hydrogens (tertiary/aromatic N) is 1. The first-order chi connectivity index (χ1) is 6.88. The number of halogens is 1. The molecule has 0 atom stereocenters. The molecule has 0 aliphatic carbocycles. The number of hydrogen-bond acceptors (Lipinski definition) is 3. The van der Waals surface area contributed by atoms with Crippen LogP contribution in [0.4, 0.5) is 0 Å². The van der Waals surface area contributed by atoms with Gasteiger partial charge in [-0.15, -0.1) is 23.7 Å². The van der Waals surface area contributed by atoms with E-state index >= 15 is 0 Å². The molecule has 0 aromatic carbocycles. The van der Waals surface area contributed by atoms with Crippen molar-refractivity contribution in [2.45, 2.75) is 19.4 Å². The van der Waals surface area contributed by atoms with Crippen molar-refractivity contribution in [1.29, 1.82) is 0 Å². The summed E-state index contributed by atoms with van der Waals surface area (Å²) in [6, 6.07) is 4.31. The third-order valence-corrected chi connectivity index (χ3v) is 3.79. The van der Waals surface area contributed by atoms with Gasteiger partial charge in [0.25, 0.3) is 0 Å². The van der Waals surface area contributed by atoms with Gasteiger partial charge in [0, 0.05) is 18.0 Å². The summed E-state index contributed by atoms with van der Waals surface area (Å²) in [4.78, 5) is 3.94.